The Bertz CT molecular complexity index is 2490. The third-order valence-electron chi connectivity index (χ3n) is 8.49. The molecule has 0 amide bonds. The molecule has 4 nitrogen and oxygen atoms in total. The third-order valence-corrected chi connectivity index (χ3v) is 8.49. The van der Waals surface area contributed by atoms with Crippen LogP contribution in [0, 0.1) is 0 Å². The van der Waals surface area contributed by atoms with Gasteiger partial charge in [-0.1, -0.05) is 91.0 Å². The summed E-state index contributed by atoms with van der Waals surface area (Å²) >= 11 is 0. The second kappa shape index (κ2) is 10.2. The number of para-hydroxylation sites is 2. The van der Waals surface area contributed by atoms with Crippen molar-refractivity contribution in [2.75, 3.05) is 4.90 Å². The number of aromatic nitrogens is 1. The van der Waals surface area contributed by atoms with E-state index in [2.05, 4.69) is 114 Å². The second-order valence-corrected chi connectivity index (χ2v) is 11.2. The average Bonchev–Trinajstić information content (AvgIpc) is 3.71. The molecule has 0 aliphatic rings. The quantitative estimate of drug-likeness (QED) is 0.204. The lowest BCUT2D eigenvalue weighted by Crippen LogP contribution is -2.11. The molecule has 0 saturated heterocycles. The lowest BCUT2D eigenvalue weighted by molar-refractivity contribution is 0.620. The highest BCUT2D eigenvalue weighted by atomic mass is 16.3. The van der Waals surface area contributed by atoms with Crippen LogP contribution in [-0.2, 0) is 0 Å². The lowest BCUT2D eigenvalue weighted by atomic mass is 10.0. The van der Waals surface area contributed by atoms with E-state index < -0.39 is 0 Å². The Hall–Kier alpha value is -6.13. The van der Waals surface area contributed by atoms with Crippen molar-refractivity contribution in [1.29, 1.82) is 0 Å². The molecule has 0 aliphatic heterocycles. The van der Waals surface area contributed by atoms with Crippen LogP contribution in [0.3, 0.4) is 0 Å². The number of hydrogen-bond acceptors (Lipinski definition) is 4. The Morgan fingerprint density at radius 3 is 1.98 bits per heavy atom. The van der Waals surface area contributed by atoms with E-state index >= 15 is 0 Å². The molecule has 0 aliphatic carbocycles. The molecular formula is C41H26N2O2. The van der Waals surface area contributed by atoms with Crippen molar-refractivity contribution in [3.05, 3.63) is 158 Å². The van der Waals surface area contributed by atoms with Crippen LogP contribution >= 0.6 is 0 Å². The smallest absolute Gasteiger partial charge is 0.227 e. The van der Waals surface area contributed by atoms with Crippen molar-refractivity contribution in [3.63, 3.8) is 0 Å². The van der Waals surface area contributed by atoms with Crippen molar-refractivity contribution in [2.45, 2.75) is 0 Å². The van der Waals surface area contributed by atoms with Crippen LogP contribution in [0.2, 0.25) is 0 Å². The van der Waals surface area contributed by atoms with Crippen molar-refractivity contribution >= 4 is 60.9 Å². The fourth-order valence-corrected chi connectivity index (χ4v) is 6.36. The highest BCUT2D eigenvalue weighted by Crippen LogP contribution is 2.44. The van der Waals surface area contributed by atoms with Gasteiger partial charge in [-0.3, -0.25) is 0 Å². The number of anilines is 3. The van der Waals surface area contributed by atoms with Crippen LogP contribution in [0.4, 0.5) is 17.1 Å². The van der Waals surface area contributed by atoms with Gasteiger partial charge in [0.25, 0.3) is 0 Å². The molecular weight excluding hydrogens is 552 g/mol. The monoisotopic (exact) mass is 578 g/mol. The third kappa shape index (κ3) is 4.27. The molecule has 4 heteroatoms. The average molecular weight is 579 g/mol. The number of hydrogen-bond donors (Lipinski definition) is 0. The Kier molecular flexibility index (Phi) is 5.78. The van der Waals surface area contributed by atoms with Gasteiger partial charge in [-0.05, 0) is 77.7 Å². The van der Waals surface area contributed by atoms with E-state index in [1.165, 1.54) is 0 Å². The van der Waals surface area contributed by atoms with Gasteiger partial charge in [-0.25, -0.2) is 4.98 Å². The van der Waals surface area contributed by atoms with Crippen molar-refractivity contribution in [2.24, 2.45) is 0 Å². The van der Waals surface area contributed by atoms with Gasteiger partial charge in [0.2, 0.25) is 5.89 Å². The van der Waals surface area contributed by atoms with Crippen molar-refractivity contribution in [1.82, 2.24) is 4.98 Å². The molecule has 0 radical (unpaired) electrons. The van der Waals surface area contributed by atoms with E-state index in [0.717, 1.165) is 77.6 Å². The molecule has 212 valence electrons. The van der Waals surface area contributed by atoms with Crippen LogP contribution < -0.4 is 4.90 Å². The summed E-state index contributed by atoms with van der Waals surface area (Å²) in [5, 5.41) is 4.33. The fraction of sp³-hybridized carbons (Fsp3) is 0. The predicted molar refractivity (Wildman–Crippen MR) is 184 cm³/mol. The molecule has 9 aromatic rings. The minimum absolute atomic E-state index is 0.626. The molecule has 45 heavy (non-hydrogen) atoms. The zero-order chi connectivity index (χ0) is 29.7. The van der Waals surface area contributed by atoms with Crippen LogP contribution in [-0.4, -0.2) is 4.98 Å². The second-order valence-electron chi connectivity index (χ2n) is 11.2. The minimum Gasteiger partial charge on any atom is -0.456 e. The van der Waals surface area contributed by atoms with Crippen LogP contribution in [0.15, 0.2) is 167 Å². The maximum absolute atomic E-state index is 6.19. The summed E-state index contributed by atoms with van der Waals surface area (Å²) in [6, 6.07) is 54.6. The van der Waals surface area contributed by atoms with Gasteiger partial charge in [0.1, 0.15) is 16.7 Å². The van der Waals surface area contributed by atoms with E-state index in [0.29, 0.717) is 5.89 Å². The first kappa shape index (κ1) is 25.4. The predicted octanol–water partition coefficient (Wildman–Crippen LogP) is 11.7. The lowest BCUT2D eigenvalue weighted by Gasteiger charge is -2.28. The number of fused-ring (bicyclic) bond motifs is 6. The zero-order valence-electron chi connectivity index (χ0n) is 24.2. The Morgan fingerprint density at radius 2 is 1.11 bits per heavy atom. The minimum atomic E-state index is 0.626. The molecule has 9 rings (SSSR count). The van der Waals surface area contributed by atoms with Crippen LogP contribution in [0.25, 0.3) is 66.4 Å². The molecule has 0 bridgehead atoms. The molecule has 7 aromatic carbocycles. The molecule has 0 unspecified atom stereocenters. The van der Waals surface area contributed by atoms with E-state index in [-0.39, 0.29) is 0 Å². The molecule has 2 heterocycles. The summed E-state index contributed by atoms with van der Waals surface area (Å²) in [4.78, 5) is 7.26. The van der Waals surface area contributed by atoms with Crippen LogP contribution in [0.1, 0.15) is 0 Å². The summed E-state index contributed by atoms with van der Waals surface area (Å²) in [6.45, 7) is 0. The van der Waals surface area contributed by atoms with Gasteiger partial charge < -0.3 is 13.7 Å². The van der Waals surface area contributed by atoms with Gasteiger partial charge in [0.05, 0.1) is 5.69 Å². The van der Waals surface area contributed by atoms with Gasteiger partial charge in [0, 0.05) is 38.7 Å². The molecule has 0 fully saturated rings. The SMILES string of the molecule is c1ccc(-c2nc3c(ccc4cc(N(c5ccc6oc7ccccc7c6c5)c5ccccc5-c5ccccc5)ccc43)o2)cc1. The molecule has 0 atom stereocenters. The van der Waals surface area contributed by atoms with Crippen LogP contribution in [0.5, 0.6) is 0 Å². The summed E-state index contributed by atoms with van der Waals surface area (Å²) < 4.78 is 12.4. The number of nitrogens with zero attached hydrogens (tertiary/aromatic N) is 2. The number of rotatable bonds is 5. The number of furan rings is 1. The van der Waals surface area contributed by atoms with Gasteiger partial charge in [-0.15, -0.1) is 0 Å². The Balaban J connectivity index is 1.26. The highest BCUT2D eigenvalue weighted by molar-refractivity contribution is 6.08. The largest absolute Gasteiger partial charge is 0.456 e. The summed E-state index contributed by atoms with van der Waals surface area (Å²) in [7, 11) is 0. The first-order valence-corrected chi connectivity index (χ1v) is 15.0. The zero-order valence-corrected chi connectivity index (χ0v) is 24.2. The summed E-state index contributed by atoms with van der Waals surface area (Å²) in [6.07, 6.45) is 0. The molecule has 0 N–H and O–H groups in total. The van der Waals surface area contributed by atoms with E-state index in [1.807, 2.05) is 48.5 Å². The molecule has 0 spiro atoms. The normalized spacial score (nSPS) is 11.6. The fourth-order valence-electron chi connectivity index (χ4n) is 6.36. The van der Waals surface area contributed by atoms with Gasteiger partial charge in [-0.2, -0.15) is 0 Å². The van der Waals surface area contributed by atoms with E-state index in [1.54, 1.807) is 0 Å². The number of benzene rings is 7. The molecule has 2 aromatic heterocycles. The first-order valence-electron chi connectivity index (χ1n) is 15.0. The number of oxazole rings is 1. The van der Waals surface area contributed by atoms with E-state index in [9.17, 15) is 0 Å². The first-order chi connectivity index (χ1) is 22.3. The van der Waals surface area contributed by atoms with Crippen molar-refractivity contribution < 1.29 is 8.83 Å². The maximum Gasteiger partial charge on any atom is 0.227 e. The van der Waals surface area contributed by atoms with Gasteiger partial charge >= 0.3 is 0 Å². The van der Waals surface area contributed by atoms with Gasteiger partial charge in [0.15, 0.2) is 5.58 Å². The highest BCUT2D eigenvalue weighted by Gasteiger charge is 2.20. The standard InChI is InChI=1S/C41H26N2O2/c1-3-11-27(12-4-1)32-15-7-9-17-36(32)43(31-21-24-38-35(26-31)34-16-8-10-18-37(34)44-38)30-20-22-33-29(25-30)19-23-39-40(33)42-41(45-39)28-13-5-2-6-14-28/h1-26H. The summed E-state index contributed by atoms with van der Waals surface area (Å²) in [5.41, 5.74) is 9.85. The summed E-state index contributed by atoms with van der Waals surface area (Å²) in [5.74, 6) is 0.626. The van der Waals surface area contributed by atoms with E-state index in [4.69, 9.17) is 13.8 Å². The van der Waals surface area contributed by atoms with Crippen molar-refractivity contribution in [3.8, 4) is 22.6 Å². The molecule has 0 saturated carbocycles. The Morgan fingerprint density at radius 1 is 0.444 bits per heavy atom. The topological polar surface area (TPSA) is 42.4 Å². The maximum atomic E-state index is 6.19. The Labute approximate surface area is 259 Å².